The molecule has 0 saturated heterocycles. The molecule has 2 nitrogen and oxygen atoms in total. The monoisotopic (exact) mass is 375 g/mol. The van der Waals surface area contributed by atoms with Gasteiger partial charge in [0.15, 0.2) is 0 Å². The van der Waals surface area contributed by atoms with Crippen LogP contribution in [0.25, 0.3) is 0 Å². The Morgan fingerprint density at radius 1 is 0.815 bits per heavy atom. The summed E-state index contributed by atoms with van der Waals surface area (Å²) in [6.45, 7) is 9.61. The van der Waals surface area contributed by atoms with Crippen LogP contribution < -0.4 is 10.4 Å². The summed E-state index contributed by atoms with van der Waals surface area (Å²) in [6.07, 6.45) is 2.91. The van der Waals surface area contributed by atoms with Crippen LogP contribution in [0.5, 0.6) is 0 Å². The van der Waals surface area contributed by atoms with E-state index < -0.39 is 8.32 Å². The number of nitrogens with zero attached hydrogens (tertiary/aromatic N) is 1. The second-order valence-electron chi connectivity index (χ2n) is 7.96. The van der Waals surface area contributed by atoms with E-state index in [0.717, 1.165) is 17.7 Å². The minimum atomic E-state index is -2.48. The zero-order valence-electron chi connectivity index (χ0n) is 16.8. The number of aromatic nitrogens is 1. The van der Waals surface area contributed by atoms with E-state index in [9.17, 15) is 0 Å². The van der Waals surface area contributed by atoms with Crippen molar-refractivity contribution in [2.45, 2.75) is 45.8 Å². The van der Waals surface area contributed by atoms with Crippen molar-refractivity contribution in [1.29, 1.82) is 0 Å². The number of hydrogen-bond donors (Lipinski definition) is 0. The molecule has 0 bridgehead atoms. The molecule has 1 aromatic heterocycles. The van der Waals surface area contributed by atoms with Crippen molar-refractivity contribution in [2.75, 3.05) is 0 Å². The Morgan fingerprint density at radius 3 is 1.78 bits per heavy atom. The van der Waals surface area contributed by atoms with Crippen molar-refractivity contribution in [2.24, 2.45) is 0 Å². The summed E-state index contributed by atoms with van der Waals surface area (Å²) < 4.78 is 6.92. The Labute approximate surface area is 164 Å². The molecular weight excluding hydrogens is 346 g/mol. The van der Waals surface area contributed by atoms with Crippen LogP contribution in [0.3, 0.4) is 0 Å². The summed E-state index contributed by atoms with van der Waals surface area (Å²) in [4.78, 5) is 4.54. The van der Waals surface area contributed by atoms with Gasteiger partial charge in [0.05, 0.1) is 6.61 Å². The molecule has 0 saturated carbocycles. The number of rotatable bonds is 6. The first-order valence-electron chi connectivity index (χ1n) is 9.66. The third-order valence-corrected chi connectivity index (χ3v) is 10.1. The van der Waals surface area contributed by atoms with Gasteiger partial charge >= 0.3 is 0 Å². The highest BCUT2D eigenvalue weighted by atomic mass is 28.4. The molecule has 0 fully saturated rings. The van der Waals surface area contributed by atoms with E-state index in [1.807, 2.05) is 6.20 Å². The minimum absolute atomic E-state index is 0.00745. The summed E-state index contributed by atoms with van der Waals surface area (Å²) in [5.74, 6) is 0. The van der Waals surface area contributed by atoms with Gasteiger partial charge in [-0.05, 0) is 33.5 Å². The highest BCUT2D eigenvalue weighted by Gasteiger charge is 2.50. The predicted molar refractivity (Wildman–Crippen MR) is 116 cm³/mol. The number of benzene rings is 2. The number of hydrogen-bond acceptors (Lipinski definition) is 2. The quantitative estimate of drug-likeness (QED) is 0.582. The van der Waals surface area contributed by atoms with Crippen LogP contribution in [0.2, 0.25) is 5.04 Å². The summed E-state index contributed by atoms with van der Waals surface area (Å²) in [7, 11) is -2.48. The molecule has 27 heavy (non-hydrogen) atoms. The van der Waals surface area contributed by atoms with E-state index in [1.54, 1.807) is 0 Å². The van der Waals surface area contributed by atoms with Gasteiger partial charge in [-0.1, -0.05) is 94.4 Å². The first-order valence-corrected chi connectivity index (χ1v) is 11.6. The van der Waals surface area contributed by atoms with Crippen LogP contribution in [0.1, 0.15) is 39.0 Å². The fraction of sp³-hybridized carbons (Fsp3) is 0.292. The van der Waals surface area contributed by atoms with Gasteiger partial charge in [-0.3, -0.25) is 4.98 Å². The van der Waals surface area contributed by atoms with Gasteiger partial charge < -0.3 is 4.43 Å². The smallest absolute Gasteiger partial charge is 0.261 e. The van der Waals surface area contributed by atoms with Crippen LogP contribution >= 0.6 is 0 Å². The van der Waals surface area contributed by atoms with Gasteiger partial charge in [0, 0.05) is 11.9 Å². The highest BCUT2D eigenvalue weighted by Crippen LogP contribution is 2.37. The van der Waals surface area contributed by atoms with E-state index in [0.29, 0.717) is 6.61 Å². The molecule has 0 atom stereocenters. The van der Waals surface area contributed by atoms with Gasteiger partial charge in [-0.15, -0.1) is 0 Å². The van der Waals surface area contributed by atoms with Crippen molar-refractivity contribution in [3.8, 4) is 0 Å². The molecule has 2 aromatic carbocycles. The number of aryl methyl sites for hydroxylation is 1. The zero-order valence-corrected chi connectivity index (χ0v) is 17.8. The lowest BCUT2D eigenvalue weighted by atomic mass is 10.2. The van der Waals surface area contributed by atoms with Crippen molar-refractivity contribution in [3.05, 3.63) is 90.3 Å². The Bertz CT molecular complexity index is 800. The van der Waals surface area contributed by atoms with E-state index >= 15 is 0 Å². The molecule has 140 valence electrons. The normalized spacial score (nSPS) is 12.1. The van der Waals surface area contributed by atoms with Crippen LogP contribution in [0.15, 0.2) is 79.0 Å². The Kier molecular flexibility index (Phi) is 5.93. The van der Waals surface area contributed by atoms with Crippen LogP contribution in [-0.4, -0.2) is 13.3 Å². The summed E-state index contributed by atoms with van der Waals surface area (Å²) in [5, 5.41) is 2.61. The van der Waals surface area contributed by atoms with E-state index in [4.69, 9.17) is 4.43 Å². The van der Waals surface area contributed by atoms with Crippen molar-refractivity contribution < 1.29 is 4.43 Å². The fourth-order valence-corrected chi connectivity index (χ4v) is 8.24. The molecule has 3 heteroatoms. The molecule has 0 unspecified atom stereocenters. The summed E-state index contributed by atoms with van der Waals surface area (Å²) in [5.41, 5.74) is 2.24. The molecular formula is C24H29NOSi. The van der Waals surface area contributed by atoms with Gasteiger partial charge in [0.2, 0.25) is 0 Å². The fourth-order valence-electron chi connectivity index (χ4n) is 3.70. The third kappa shape index (κ3) is 4.04. The molecule has 0 N–H and O–H groups in total. The Hall–Kier alpha value is -2.23. The molecule has 0 aliphatic heterocycles. The average Bonchev–Trinajstić information content (AvgIpc) is 2.69. The van der Waals surface area contributed by atoms with Gasteiger partial charge in [0.25, 0.3) is 8.32 Å². The maximum atomic E-state index is 6.92. The molecule has 0 aliphatic carbocycles. The van der Waals surface area contributed by atoms with Gasteiger partial charge in [-0.25, -0.2) is 0 Å². The highest BCUT2D eigenvalue weighted by molar-refractivity contribution is 6.99. The predicted octanol–water partition coefficient (Wildman–Crippen LogP) is 4.72. The standard InChI is InChI=1S/C24H29NOSi/c1-5-21-17-16-20(18-25-21)19-26-27(24(2,3)4,22-12-8-6-9-13-22)23-14-10-7-11-15-23/h6-18H,5,19H2,1-4H3. The first kappa shape index (κ1) is 19.5. The molecule has 3 rings (SSSR count). The molecule has 0 radical (unpaired) electrons. The zero-order chi connectivity index (χ0) is 19.3. The molecule has 0 aliphatic rings. The molecule has 0 amide bonds. The lowest BCUT2D eigenvalue weighted by Gasteiger charge is -2.43. The second-order valence-corrected chi connectivity index (χ2v) is 12.3. The van der Waals surface area contributed by atoms with Crippen LogP contribution in [-0.2, 0) is 17.5 Å². The Morgan fingerprint density at radius 2 is 1.37 bits per heavy atom. The number of pyridine rings is 1. The molecule has 3 aromatic rings. The van der Waals surface area contributed by atoms with Gasteiger partial charge in [-0.2, -0.15) is 0 Å². The summed E-state index contributed by atoms with van der Waals surface area (Å²) >= 11 is 0. The average molecular weight is 376 g/mol. The SMILES string of the molecule is CCc1ccc(CO[Si](c2ccccc2)(c2ccccc2)C(C)(C)C)cn1. The van der Waals surface area contributed by atoms with E-state index in [-0.39, 0.29) is 5.04 Å². The molecule has 1 heterocycles. The second kappa shape index (κ2) is 8.20. The lowest BCUT2D eigenvalue weighted by Crippen LogP contribution is -2.66. The van der Waals surface area contributed by atoms with Crippen molar-refractivity contribution in [1.82, 2.24) is 4.98 Å². The third-order valence-electron chi connectivity index (χ3n) is 5.12. The Balaban J connectivity index is 2.05. The maximum absolute atomic E-state index is 6.92. The first-order chi connectivity index (χ1) is 13.0. The van der Waals surface area contributed by atoms with Crippen molar-refractivity contribution >= 4 is 18.7 Å². The van der Waals surface area contributed by atoms with Crippen LogP contribution in [0.4, 0.5) is 0 Å². The lowest BCUT2D eigenvalue weighted by molar-refractivity contribution is 0.286. The summed E-state index contributed by atoms with van der Waals surface area (Å²) in [6, 6.07) is 25.8. The van der Waals surface area contributed by atoms with Crippen LogP contribution in [0, 0.1) is 0 Å². The molecule has 0 spiro atoms. The van der Waals surface area contributed by atoms with Gasteiger partial charge in [0.1, 0.15) is 0 Å². The van der Waals surface area contributed by atoms with Crippen molar-refractivity contribution in [3.63, 3.8) is 0 Å². The topological polar surface area (TPSA) is 22.1 Å². The largest absolute Gasteiger partial charge is 0.403 e. The maximum Gasteiger partial charge on any atom is 0.261 e. The minimum Gasteiger partial charge on any atom is -0.403 e. The van der Waals surface area contributed by atoms with E-state index in [1.165, 1.54) is 10.4 Å². The van der Waals surface area contributed by atoms with E-state index in [2.05, 4.69) is 105 Å².